The Bertz CT molecular complexity index is 989. The maximum atomic E-state index is 13.5. The molecule has 3 aromatic rings. The molecule has 1 aromatic heterocycles. The largest absolute Gasteiger partial charge is 0.345 e. The fourth-order valence-electron chi connectivity index (χ4n) is 2.71. The zero-order valence-electron chi connectivity index (χ0n) is 16.7. The van der Waals surface area contributed by atoms with Gasteiger partial charge in [-0.1, -0.05) is 36.0 Å². The summed E-state index contributed by atoms with van der Waals surface area (Å²) in [6.45, 7) is 1.23. The van der Waals surface area contributed by atoms with E-state index in [1.54, 1.807) is 36.0 Å². The molecule has 0 fully saturated rings. The summed E-state index contributed by atoms with van der Waals surface area (Å²) in [6, 6.07) is 13.4. The highest BCUT2D eigenvalue weighted by molar-refractivity contribution is 7.99. The molecular formula is C21H24FN5OS. The van der Waals surface area contributed by atoms with Gasteiger partial charge in [0.1, 0.15) is 5.82 Å². The van der Waals surface area contributed by atoms with Gasteiger partial charge in [0, 0.05) is 24.9 Å². The third-order valence-electron chi connectivity index (χ3n) is 4.38. The van der Waals surface area contributed by atoms with Gasteiger partial charge in [0.2, 0.25) is 0 Å². The van der Waals surface area contributed by atoms with Gasteiger partial charge in [-0.2, -0.15) is 0 Å². The minimum Gasteiger partial charge on any atom is -0.345 e. The van der Waals surface area contributed by atoms with Crippen LogP contribution in [0, 0.1) is 5.82 Å². The lowest BCUT2D eigenvalue weighted by Crippen LogP contribution is -2.24. The molecule has 8 heteroatoms. The van der Waals surface area contributed by atoms with E-state index in [0.29, 0.717) is 11.4 Å². The molecule has 0 aliphatic rings. The summed E-state index contributed by atoms with van der Waals surface area (Å²) in [7, 11) is 5.95. The van der Waals surface area contributed by atoms with E-state index < -0.39 is 0 Å². The summed E-state index contributed by atoms with van der Waals surface area (Å²) < 4.78 is 15.4. The predicted molar refractivity (Wildman–Crippen MR) is 113 cm³/mol. The number of carbonyl (C=O) groups excluding carboxylic acids is 1. The summed E-state index contributed by atoms with van der Waals surface area (Å²) in [5.41, 5.74) is 2.03. The highest BCUT2D eigenvalue weighted by atomic mass is 32.2. The normalized spacial score (nSPS) is 11.1. The monoisotopic (exact) mass is 413 g/mol. The highest BCUT2D eigenvalue weighted by Gasteiger charge is 2.12. The number of nitrogens with one attached hydrogen (secondary N) is 1. The summed E-state index contributed by atoms with van der Waals surface area (Å²) in [4.78, 5) is 14.7. The average Bonchev–Trinajstić information content (AvgIpc) is 3.05. The third-order valence-corrected chi connectivity index (χ3v) is 5.38. The molecule has 1 N–H and O–H groups in total. The molecule has 3 rings (SSSR count). The second-order valence-corrected chi connectivity index (χ2v) is 7.95. The smallest absolute Gasteiger partial charge is 0.251 e. The van der Waals surface area contributed by atoms with Crippen LogP contribution in [0.5, 0.6) is 0 Å². The molecule has 152 valence electrons. The average molecular weight is 414 g/mol. The number of hydrogen-bond donors (Lipinski definition) is 1. The second kappa shape index (κ2) is 9.67. The molecular weight excluding hydrogens is 389 g/mol. The summed E-state index contributed by atoms with van der Waals surface area (Å²) in [6.07, 6.45) is 0. The first-order valence-corrected chi connectivity index (χ1v) is 10.2. The van der Waals surface area contributed by atoms with Crippen molar-refractivity contribution in [3.63, 3.8) is 0 Å². The zero-order valence-corrected chi connectivity index (χ0v) is 17.5. The number of benzene rings is 2. The Kier molecular flexibility index (Phi) is 7.00. The van der Waals surface area contributed by atoms with Gasteiger partial charge in [0.05, 0.1) is 6.54 Å². The second-order valence-electron chi connectivity index (χ2n) is 6.88. The number of aromatic nitrogens is 3. The van der Waals surface area contributed by atoms with Gasteiger partial charge in [0.15, 0.2) is 11.0 Å². The van der Waals surface area contributed by atoms with Gasteiger partial charge in [-0.3, -0.25) is 4.79 Å². The Morgan fingerprint density at radius 1 is 1.14 bits per heavy atom. The Morgan fingerprint density at radius 2 is 1.86 bits per heavy atom. The third kappa shape index (κ3) is 5.65. The molecule has 0 saturated heterocycles. The number of amides is 1. The molecule has 6 nitrogen and oxygen atoms in total. The summed E-state index contributed by atoms with van der Waals surface area (Å²) in [5, 5.41) is 12.1. The lowest BCUT2D eigenvalue weighted by Gasteiger charge is -2.09. The molecule has 0 spiro atoms. The summed E-state index contributed by atoms with van der Waals surface area (Å²) in [5.74, 6) is 1.08. The van der Waals surface area contributed by atoms with E-state index in [4.69, 9.17) is 0 Å². The van der Waals surface area contributed by atoms with Crippen molar-refractivity contribution >= 4 is 17.7 Å². The van der Waals surface area contributed by atoms with E-state index in [0.717, 1.165) is 28.6 Å². The highest BCUT2D eigenvalue weighted by Crippen LogP contribution is 2.21. The quantitative estimate of drug-likeness (QED) is 0.575. The van der Waals surface area contributed by atoms with Crippen molar-refractivity contribution in [3.8, 4) is 11.1 Å². The van der Waals surface area contributed by atoms with Gasteiger partial charge in [-0.15, -0.1) is 10.2 Å². The van der Waals surface area contributed by atoms with Gasteiger partial charge in [-0.25, -0.2) is 4.39 Å². The van der Waals surface area contributed by atoms with Crippen LogP contribution in [0.2, 0.25) is 0 Å². The Morgan fingerprint density at radius 3 is 2.59 bits per heavy atom. The van der Waals surface area contributed by atoms with Crippen LogP contribution in [0.3, 0.4) is 0 Å². The van der Waals surface area contributed by atoms with E-state index in [2.05, 4.69) is 20.4 Å². The van der Waals surface area contributed by atoms with Crippen molar-refractivity contribution in [1.82, 2.24) is 25.0 Å². The minimum atomic E-state index is -0.307. The maximum Gasteiger partial charge on any atom is 0.251 e. The van der Waals surface area contributed by atoms with Crippen molar-refractivity contribution < 1.29 is 9.18 Å². The first-order chi connectivity index (χ1) is 13.9. The molecule has 0 atom stereocenters. The van der Waals surface area contributed by atoms with Crippen LogP contribution in [0.1, 0.15) is 16.2 Å². The molecule has 2 aromatic carbocycles. The van der Waals surface area contributed by atoms with Crippen LogP contribution in [0.25, 0.3) is 11.1 Å². The van der Waals surface area contributed by atoms with E-state index in [1.165, 1.54) is 12.1 Å². The molecule has 0 saturated carbocycles. The van der Waals surface area contributed by atoms with Crippen molar-refractivity contribution in [2.45, 2.75) is 11.7 Å². The van der Waals surface area contributed by atoms with E-state index in [9.17, 15) is 9.18 Å². The molecule has 1 heterocycles. The van der Waals surface area contributed by atoms with Crippen molar-refractivity contribution in [3.05, 3.63) is 65.7 Å². The van der Waals surface area contributed by atoms with Crippen LogP contribution in [0.15, 0.2) is 53.7 Å². The number of hydrogen-bond acceptors (Lipinski definition) is 5. The van der Waals surface area contributed by atoms with E-state index in [-0.39, 0.29) is 18.3 Å². The van der Waals surface area contributed by atoms with Crippen LogP contribution in [0.4, 0.5) is 4.39 Å². The summed E-state index contributed by atoms with van der Waals surface area (Å²) >= 11 is 1.63. The topological polar surface area (TPSA) is 63.1 Å². The van der Waals surface area contributed by atoms with E-state index >= 15 is 0 Å². The molecule has 29 heavy (non-hydrogen) atoms. The Balaban J connectivity index is 1.63. The lowest BCUT2D eigenvalue weighted by atomic mass is 10.0. The molecule has 0 aliphatic heterocycles. The predicted octanol–water partition coefficient (Wildman–Crippen LogP) is 3.20. The van der Waals surface area contributed by atoms with Gasteiger partial charge >= 0.3 is 0 Å². The first kappa shape index (κ1) is 21.0. The fourth-order valence-corrected chi connectivity index (χ4v) is 3.75. The molecule has 1 amide bonds. The van der Waals surface area contributed by atoms with E-state index in [1.807, 2.05) is 37.8 Å². The molecule has 0 radical (unpaired) electrons. The molecule has 0 aliphatic carbocycles. The zero-order chi connectivity index (χ0) is 20.8. The SMILES string of the molecule is CN(C)CCSc1nnc(CNC(=O)c2cccc(-c3cccc(F)c3)c2)n1C. The van der Waals surface area contributed by atoms with Crippen molar-refractivity contribution in [1.29, 1.82) is 0 Å². The molecule has 0 unspecified atom stereocenters. The first-order valence-electron chi connectivity index (χ1n) is 9.24. The van der Waals surface area contributed by atoms with Gasteiger partial charge in [0.25, 0.3) is 5.91 Å². The number of thioether (sulfide) groups is 1. The molecule has 0 bridgehead atoms. The van der Waals surface area contributed by atoms with Crippen molar-refractivity contribution in [2.75, 3.05) is 26.4 Å². The van der Waals surface area contributed by atoms with Crippen LogP contribution < -0.4 is 5.32 Å². The Labute approximate surface area is 174 Å². The van der Waals surface area contributed by atoms with Gasteiger partial charge in [-0.05, 0) is 49.5 Å². The van der Waals surface area contributed by atoms with Crippen LogP contribution >= 0.6 is 11.8 Å². The fraction of sp³-hybridized carbons (Fsp3) is 0.286. The van der Waals surface area contributed by atoms with Crippen LogP contribution in [-0.2, 0) is 13.6 Å². The number of nitrogens with zero attached hydrogens (tertiary/aromatic N) is 4. The van der Waals surface area contributed by atoms with Crippen molar-refractivity contribution in [2.24, 2.45) is 7.05 Å². The van der Waals surface area contributed by atoms with Gasteiger partial charge < -0.3 is 14.8 Å². The minimum absolute atomic E-state index is 0.215. The maximum absolute atomic E-state index is 13.5. The van der Waals surface area contributed by atoms with Crippen LogP contribution in [-0.4, -0.2) is 52.0 Å². The lowest BCUT2D eigenvalue weighted by molar-refractivity contribution is 0.0949. The number of halogens is 1. The number of carbonyl (C=O) groups is 1. The Hall–Kier alpha value is -2.71. The standard InChI is InChI=1S/C21H24FN5OS/c1-26(2)10-11-29-21-25-24-19(27(21)3)14-23-20(28)17-8-4-6-15(12-17)16-7-5-9-18(22)13-16/h4-9,12-13H,10-11,14H2,1-3H3,(H,23,28). The number of rotatable bonds is 8.